The molecule has 0 bridgehead atoms. The molecule has 0 saturated heterocycles. The van der Waals surface area contributed by atoms with E-state index in [-0.39, 0.29) is 36.7 Å². The lowest BCUT2D eigenvalue weighted by Crippen LogP contribution is -2.38. The second kappa shape index (κ2) is 11.1. The first-order valence-electron chi connectivity index (χ1n) is 10.8. The molecule has 3 N–H and O–H groups in total. The number of anilines is 3. The molecule has 7 heteroatoms. The molecular formula is C25H30N4O3. The number of amides is 3. The third-order valence-corrected chi connectivity index (χ3v) is 5.33. The SMILES string of the molecule is Cc1ccc(NC(=O)CN(C)C(=O)CNc2ccccc2NC(=O)CC2C=CCC2)cc1. The lowest BCUT2D eigenvalue weighted by Gasteiger charge is -2.19. The molecule has 1 aliphatic rings. The zero-order chi connectivity index (χ0) is 22.9. The summed E-state index contributed by atoms with van der Waals surface area (Å²) in [4.78, 5) is 38.5. The number of hydrogen-bond donors (Lipinski definition) is 3. The number of aryl methyl sites for hydroxylation is 1. The fourth-order valence-corrected chi connectivity index (χ4v) is 3.50. The van der Waals surface area contributed by atoms with Crippen LogP contribution in [0.25, 0.3) is 0 Å². The Hall–Kier alpha value is -3.61. The van der Waals surface area contributed by atoms with Gasteiger partial charge in [0.2, 0.25) is 17.7 Å². The van der Waals surface area contributed by atoms with Gasteiger partial charge < -0.3 is 20.9 Å². The van der Waals surface area contributed by atoms with Crippen molar-refractivity contribution >= 4 is 34.8 Å². The highest BCUT2D eigenvalue weighted by Gasteiger charge is 2.16. The number of likely N-dealkylation sites (N-methyl/N-ethyl adjacent to an activating group) is 1. The molecule has 3 rings (SSSR count). The predicted octanol–water partition coefficient (Wildman–Crippen LogP) is 3.80. The number of nitrogens with one attached hydrogen (secondary N) is 3. The lowest BCUT2D eigenvalue weighted by atomic mass is 10.0. The van der Waals surface area contributed by atoms with Crippen molar-refractivity contribution < 1.29 is 14.4 Å². The summed E-state index contributed by atoms with van der Waals surface area (Å²) in [5, 5.41) is 8.78. The summed E-state index contributed by atoms with van der Waals surface area (Å²) >= 11 is 0. The number of para-hydroxylation sites is 2. The van der Waals surface area contributed by atoms with Crippen molar-refractivity contribution in [2.45, 2.75) is 26.2 Å². The molecule has 0 saturated carbocycles. The summed E-state index contributed by atoms with van der Waals surface area (Å²) in [5.74, 6) is -0.261. The van der Waals surface area contributed by atoms with Crippen LogP contribution in [-0.4, -0.2) is 42.8 Å². The second-order valence-corrected chi connectivity index (χ2v) is 8.08. The van der Waals surface area contributed by atoms with Gasteiger partial charge in [0, 0.05) is 19.2 Å². The van der Waals surface area contributed by atoms with Crippen molar-refractivity contribution in [3.8, 4) is 0 Å². The first-order chi connectivity index (χ1) is 15.4. The Bertz CT molecular complexity index is 985. The normalized spacial score (nSPS) is 14.6. The summed E-state index contributed by atoms with van der Waals surface area (Å²) < 4.78 is 0. The molecule has 0 radical (unpaired) electrons. The minimum absolute atomic E-state index is 0.00651. The summed E-state index contributed by atoms with van der Waals surface area (Å²) in [6, 6.07) is 14.7. The van der Waals surface area contributed by atoms with E-state index in [1.807, 2.05) is 49.4 Å². The van der Waals surface area contributed by atoms with Crippen LogP contribution in [0, 0.1) is 12.8 Å². The summed E-state index contributed by atoms with van der Waals surface area (Å²) in [5.41, 5.74) is 3.09. The first-order valence-corrected chi connectivity index (χ1v) is 10.8. The van der Waals surface area contributed by atoms with E-state index in [1.54, 1.807) is 13.1 Å². The van der Waals surface area contributed by atoms with Crippen molar-refractivity contribution in [3.05, 3.63) is 66.2 Å². The van der Waals surface area contributed by atoms with Gasteiger partial charge in [-0.05, 0) is 49.9 Å². The van der Waals surface area contributed by atoms with Crippen LogP contribution in [0.2, 0.25) is 0 Å². The van der Waals surface area contributed by atoms with Crippen LogP contribution in [-0.2, 0) is 14.4 Å². The van der Waals surface area contributed by atoms with E-state index in [4.69, 9.17) is 0 Å². The van der Waals surface area contributed by atoms with Crippen molar-refractivity contribution in [1.29, 1.82) is 0 Å². The molecule has 1 aliphatic carbocycles. The van der Waals surface area contributed by atoms with Crippen LogP contribution in [0.5, 0.6) is 0 Å². The molecule has 7 nitrogen and oxygen atoms in total. The molecule has 3 amide bonds. The Morgan fingerprint density at radius 1 is 0.969 bits per heavy atom. The third kappa shape index (κ3) is 6.97. The quantitative estimate of drug-likeness (QED) is 0.524. The Morgan fingerprint density at radius 3 is 2.38 bits per heavy atom. The molecule has 2 aromatic carbocycles. The van der Waals surface area contributed by atoms with Gasteiger partial charge in [0.05, 0.1) is 24.5 Å². The molecule has 0 spiro atoms. The summed E-state index contributed by atoms with van der Waals surface area (Å²) in [6.07, 6.45) is 6.67. The van der Waals surface area contributed by atoms with Gasteiger partial charge in [-0.25, -0.2) is 0 Å². The topological polar surface area (TPSA) is 90.5 Å². The Balaban J connectivity index is 1.48. The fourth-order valence-electron chi connectivity index (χ4n) is 3.50. The van der Waals surface area contributed by atoms with E-state index in [1.165, 1.54) is 4.90 Å². The number of allylic oxidation sites excluding steroid dienone is 2. The molecule has 0 aliphatic heterocycles. The summed E-state index contributed by atoms with van der Waals surface area (Å²) in [6.45, 7) is 1.93. The maximum atomic E-state index is 12.5. The highest BCUT2D eigenvalue weighted by atomic mass is 16.2. The van der Waals surface area contributed by atoms with Crippen molar-refractivity contribution in [2.75, 3.05) is 36.1 Å². The van der Waals surface area contributed by atoms with E-state index in [0.29, 0.717) is 23.5 Å². The number of nitrogens with zero attached hydrogens (tertiary/aromatic N) is 1. The van der Waals surface area contributed by atoms with E-state index in [0.717, 1.165) is 18.4 Å². The molecular weight excluding hydrogens is 404 g/mol. The smallest absolute Gasteiger partial charge is 0.243 e. The third-order valence-electron chi connectivity index (χ3n) is 5.33. The van der Waals surface area contributed by atoms with E-state index < -0.39 is 0 Å². The molecule has 2 aromatic rings. The van der Waals surface area contributed by atoms with E-state index in [2.05, 4.69) is 28.1 Å². The monoisotopic (exact) mass is 434 g/mol. The van der Waals surface area contributed by atoms with Crippen molar-refractivity contribution in [3.63, 3.8) is 0 Å². The van der Waals surface area contributed by atoms with Gasteiger partial charge >= 0.3 is 0 Å². The van der Waals surface area contributed by atoms with Crippen LogP contribution in [0.15, 0.2) is 60.7 Å². The molecule has 1 unspecified atom stereocenters. The molecule has 1 atom stereocenters. The van der Waals surface area contributed by atoms with E-state index in [9.17, 15) is 14.4 Å². The largest absolute Gasteiger partial charge is 0.374 e. The fraction of sp³-hybridized carbons (Fsp3) is 0.320. The standard InChI is InChI=1S/C25H30N4O3/c1-18-11-13-20(14-12-18)27-24(31)17-29(2)25(32)16-26-21-9-5-6-10-22(21)28-23(30)15-19-7-3-4-8-19/h3,5-7,9-14,19,26H,4,8,15-17H2,1-2H3,(H,27,31)(H,28,30). The zero-order valence-corrected chi connectivity index (χ0v) is 18.6. The van der Waals surface area contributed by atoms with Crippen LogP contribution >= 0.6 is 0 Å². The molecule has 168 valence electrons. The second-order valence-electron chi connectivity index (χ2n) is 8.08. The van der Waals surface area contributed by atoms with Crippen LogP contribution in [0.1, 0.15) is 24.8 Å². The molecule has 0 fully saturated rings. The molecule has 0 aromatic heterocycles. The van der Waals surface area contributed by atoms with Crippen LogP contribution in [0.4, 0.5) is 17.1 Å². The highest BCUT2D eigenvalue weighted by molar-refractivity contribution is 5.96. The van der Waals surface area contributed by atoms with Gasteiger partial charge in [0.25, 0.3) is 0 Å². The first kappa shape index (κ1) is 23.1. The van der Waals surface area contributed by atoms with Gasteiger partial charge in [-0.1, -0.05) is 42.0 Å². The average Bonchev–Trinajstić information content (AvgIpc) is 3.27. The van der Waals surface area contributed by atoms with Gasteiger partial charge in [-0.3, -0.25) is 14.4 Å². The Kier molecular flexibility index (Phi) is 8.02. The van der Waals surface area contributed by atoms with Gasteiger partial charge in [-0.15, -0.1) is 0 Å². The van der Waals surface area contributed by atoms with Gasteiger partial charge in [0.15, 0.2) is 0 Å². The van der Waals surface area contributed by atoms with Crippen molar-refractivity contribution in [2.24, 2.45) is 5.92 Å². The van der Waals surface area contributed by atoms with Crippen LogP contribution < -0.4 is 16.0 Å². The number of rotatable bonds is 9. The predicted molar refractivity (Wildman–Crippen MR) is 127 cm³/mol. The molecule has 32 heavy (non-hydrogen) atoms. The number of carbonyl (C=O) groups is 3. The van der Waals surface area contributed by atoms with Crippen LogP contribution in [0.3, 0.4) is 0 Å². The number of benzene rings is 2. The lowest BCUT2D eigenvalue weighted by molar-refractivity contribution is -0.131. The minimum Gasteiger partial charge on any atom is -0.374 e. The number of hydrogen-bond acceptors (Lipinski definition) is 4. The Morgan fingerprint density at radius 2 is 1.69 bits per heavy atom. The maximum absolute atomic E-state index is 12.5. The summed E-state index contributed by atoms with van der Waals surface area (Å²) in [7, 11) is 1.58. The minimum atomic E-state index is -0.265. The maximum Gasteiger partial charge on any atom is 0.243 e. The highest BCUT2D eigenvalue weighted by Crippen LogP contribution is 2.24. The van der Waals surface area contributed by atoms with Gasteiger partial charge in [0.1, 0.15) is 0 Å². The molecule has 0 heterocycles. The Labute approximate surface area is 188 Å². The number of carbonyl (C=O) groups excluding carboxylic acids is 3. The average molecular weight is 435 g/mol. The van der Waals surface area contributed by atoms with Gasteiger partial charge in [-0.2, -0.15) is 0 Å². The van der Waals surface area contributed by atoms with Crippen molar-refractivity contribution in [1.82, 2.24) is 4.90 Å². The zero-order valence-electron chi connectivity index (χ0n) is 18.6. The van der Waals surface area contributed by atoms with E-state index >= 15 is 0 Å².